The number of carbonyl (C=O) groups excluding carboxylic acids is 1. The van der Waals surface area contributed by atoms with E-state index in [9.17, 15) is 9.59 Å². The molecule has 0 saturated heterocycles. The molecule has 158 valence electrons. The van der Waals surface area contributed by atoms with Gasteiger partial charge < -0.3 is 4.74 Å². The van der Waals surface area contributed by atoms with Gasteiger partial charge in [0.25, 0.3) is 17.2 Å². The van der Waals surface area contributed by atoms with Crippen LogP contribution >= 0.6 is 0 Å². The summed E-state index contributed by atoms with van der Waals surface area (Å²) in [4.78, 5) is 36.5. The predicted octanol–water partition coefficient (Wildman–Crippen LogP) is 3.20. The van der Waals surface area contributed by atoms with Gasteiger partial charge in [-0.1, -0.05) is 35.9 Å². The van der Waals surface area contributed by atoms with Crippen molar-refractivity contribution >= 4 is 17.6 Å². The molecule has 0 aliphatic rings. The fourth-order valence-corrected chi connectivity index (χ4v) is 3.39. The number of fused-ring (bicyclic) bond motifs is 1. The minimum absolute atomic E-state index is 0.198. The Bertz CT molecular complexity index is 1340. The number of benzene rings is 2. The van der Waals surface area contributed by atoms with Gasteiger partial charge in [-0.05, 0) is 39.0 Å². The number of ether oxygens (including phenoxy) is 1. The topological polar surface area (TPSA) is 92.6 Å². The molecular weight excluding hydrogens is 394 g/mol. The second kappa shape index (κ2) is 8.06. The minimum atomic E-state index is -0.254. The number of aromatic nitrogens is 4. The third-order valence-electron chi connectivity index (χ3n) is 5.24. The first-order chi connectivity index (χ1) is 14.9. The summed E-state index contributed by atoms with van der Waals surface area (Å²) >= 11 is 0. The largest absolute Gasteiger partial charge is 0.496 e. The summed E-state index contributed by atoms with van der Waals surface area (Å²) in [5.74, 6) is 0.843. The lowest BCUT2D eigenvalue weighted by atomic mass is 10.1. The summed E-state index contributed by atoms with van der Waals surface area (Å²) < 4.78 is 6.72. The van der Waals surface area contributed by atoms with Gasteiger partial charge in [0.15, 0.2) is 0 Å². The first-order valence-corrected chi connectivity index (χ1v) is 9.85. The number of hydrogen-bond donors (Lipinski definition) is 1. The molecule has 8 nitrogen and oxygen atoms in total. The van der Waals surface area contributed by atoms with Crippen LogP contribution in [0.2, 0.25) is 0 Å². The molecule has 2 aromatic carbocycles. The van der Waals surface area contributed by atoms with Gasteiger partial charge in [-0.3, -0.25) is 19.6 Å². The van der Waals surface area contributed by atoms with Gasteiger partial charge in [0, 0.05) is 22.4 Å². The quantitative estimate of drug-likeness (QED) is 0.538. The second-order valence-electron chi connectivity index (χ2n) is 7.38. The van der Waals surface area contributed by atoms with Crippen LogP contribution in [-0.2, 0) is 6.54 Å². The van der Waals surface area contributed by atoms with E-state index in [0.29, 0.717) is 22.6 Å². The molecule has 1 N–H and O–H groups in total. The van der Waals surface area contributed by atoms with Crippen molar-refractivity contribution in [1.82, 2.24) is 19.6 Å². The van der Waals surface area contributed by atoms with Crippen molar-refractivity contribution in [2.45, 2.75) is 27.3 Å². The Kier molecular flexibility index (Phi) is 5.29. The van der Waals surface area contributed by atoms with Crippen LogP contribution in [0.3, 0.4) is 0 Å². The van der Waals surface area contributed by atoms with Gasteiger partial charge >= 0.3 is 0 Å². The Morgan fingerprint density at radius 2 is 1.87 bits per heavy atom. The van der Waals surface area contributed by atoms with Crippen molar-refractivity contribution in [2.24, 2.45) is 0 Å². The highest BCUT2D eigenvalue weighted by Crippen LogP contribution is 2.23. The molecule has 2 aromatic heterocycles. The number of methoxy groups -OCH3 is 1. The molecule has 4 rings (SSSR count). The minimum Gasteiger partial charge on any atom is -0.496 e. The number of aryl methyl sites for hydroxylation is 2. The Hall–Kier alpha value is -3.94. The Balaban J connectivity index is 1.86. The van der Waals surface area contributed by atoms with E-state index in [1.54, 1.807) is 27.0 Å². The summed E-state index contributed by atoms with van der Waals surface area (Å²) in [5, 5.41) is 2.95. The van der Waals surface area contributed by atoms with Crippen LogP contribution in [0.5, 0.6) is 5.75 Å². The zero-order chi connectivity index (χ0) is 22.1. The molecule has 0 atom stereocenters. The van der Waals surface area contributed by atoms with Gasteiger partial charge in [0.1, 0.15) is 5.75 Å². The van der Waals surface area contributed by atoms with Crippen molar-refractivity contribution < 1.29 is 9.53 Å². The second-order valence-corrected chi connectivity index (χ2v) is 7.38. The van der Waals surface area contributed by atoms with E-state index in [-0.39, 0.29) is 29.7 Å². The van der Waals surface area contributed by atoms with Crippen LogP contribution in [0.15, 0.2) is 53.3 Å². The van der Waals surface area contributed by atoms with E-state index in [2.05, 4.69) is 15.1 Å². The molecule has 0 aliphatic carbocycles. The van der Waals surface area contributed by atoms with Gasteiger partial charge in [-0.25, -0.2) is 4.98 Å². The molecule has 0 spiro atoms. The summed E-state index contributed by atoms with van der Waals surface area (Å²) in [6, 6.07) is 14.8. The molecule has 0 aliphatic heterocycles. The SMILES string of the molecule is COc1ccccc1CN(C(=O)c1cccc(C)c1)c1nc2nc(C)c(C)c(=O)n2[nH]1. The van der Waals surface area contributed by atoms with Crippen LogP contribution in [0.4, 0.5) is 5.95 Å². The molecule has 0 saturated carbocycles. The number of para-hydroxylation sites is 1. The number of rotatable bonds is 5. The van der Waals surface area contributed by atoms with Crippen molar-refractivity contribution in [3.63, 3.8) is 0 Å². The van der Waals surface area contributed by atoms with Crippen LogP contribution in [0.25, 0.3) is 5.78 Å². The third-order valence-corrected chi connectivity index (χ3v) is 5.24. The summed E-state index contributed by atoms with van der Waals surface area (Å²) in [6.45, 7) is 5.60. The van der Waals surface area contributed by atoms with Gasteiger partial charge in [0.2, 0.25) is 5.95 Å². The van der Waals surface area contributed by atoms with Crippen molar-refractivity contribution in [1.29, 1.82) is 0 Å². The molecule has 1 amide bonds. The Morgan fingerprint density at radius 3 is 2.61 bits per heavy atom. The van der Waals surface area contributed by atoms with Crippen LogP contribution in [0.1, 0.15) is 32.7 Å². The highest BCUT2D eigenvalue weighted by Gasteiger charge is 2.24. The van der Waals surface area contributed by atoms with Crippen LogP contribution in [-0.4, -0.2) is 32.6 Å². The van der Waals surface area contributed by atoms with E-state index >= 15 is 0 Å². The molecule has 0 bridgehead atoms. The third kappa shape index (κ3) is 3.79. The van der Waals surface area contributed by atoms with Gasteiger partial charge in [-0.15, -0.1) is 0 Å². The smallest absolute Gasteiger partial charge is 0.277 e. The fourth-order valence-electron chi connectivity index (χ4n) is 3.39. The zero-order valence-corrected chi connectivity index (χ0v) is 17.8. The molecule has 31 heavy (non-hydrogen) atoms. The summed E-state index contributed by atoms with van der Waals surface area (Å²) in [6.07, 6.45) is 0. The van der Waals surface area contributed by atoms with E-state index < -0.39 is 0 Å². The number of nitrogens with zero attached hydrogens (tertiary/aromatic N) is 4. The van der Waals surface area contributed by atoms with Crippen LogP contribution in [0, 0.1) is 20.8 Å². The lowest BCUT2D eigenvalue weighted by Crippen LogP contribution is -2.32. The van der Waals surface area contributed by atoms with Gasteiger partial charge in [0.05, 0.1) is 13.7 Å². The molecule has 2 heterocycles. The van der Waals surface area contributed by atoms with Crippen molar-refractivity contribution in [2.75, 3.05) is 12.0 Å². The standard InChI is InChI=1S/C23H23N5O3/c1-14-8-7-10-17(12-14)21(30)27(13-18-9-5-6-11-19(18)31-4)23-25-22-24-16(3)15(2)20(29)28(22)26-23/h5-12H,13H2,1-4H3,(H,24,25,26). The summed E-state index contributed by atoms with van der Waals surface area (Å²) in [7, 11) is 1.59. The van der Waals surface area contributed by atoms with E-state index in [1.165, 1.54) is 9.42 Å². The highest BCUT2D eigenvalue weighted by atomic mass is 16.5. The Morgan fingerprint density at radius 1 is 1.10 bits per heavy atom. The average Bonchev–Trinajstić information content (AvgIpc) is 3.19. The molecular formula is C23H23N5O3. The highest BCUT2D eigenvalue weighted by molar-refractivity contribution is 6.05. The zero-order valence-electron chi connectivity index (χ0n) is 17.8. The maximum absolute atomic E-state index is 13.5. The number of amides is 1. The van der Waals surface area contributed by atoms with Gasteiger partial charge in [-0.2, -0.15) is 9.50 Å². The van der Waals surface area contributed by atoms with Crippen molar-refractivity contribution in [3.8, 4) is 5.75 Å². The molecule has 8 heteroatoms. The normalized spacial score (nSPS) is 11.0. The van der Waals surface area contributed by atoms with Crippen molar-refractivity contribution in [3.05, 3.63) is 86.8 Å². The number of anilines is 1. The maximum Gasteiger partial charge on any atom is 0.277 e. The predicted molar refractivity (Wildman–Crippen MR) is 118 cm³/mol. The monoisotopic (exact) mass is 417 g/mol. The first kappa shape index (κ1) is 20.3. The molecule has 0 unspecified atom stereocenters. The lowest BCUT2D eigenvalue weighted by molar-refractivity contribution is 0.0983. The number of aromatic amines is 1. The van der Waals surface area contributed by atoms with E-state index in [1.807, 2.05) is 49.4 Å². The molecule has 4 aromatic rings. The maximum atomic E-state index is 13.5. The first-order valence-electron chi connectivity index (χ1n) is 9.85. The van der Waals surface area contributed by atoms with Crippen LogP contribution < -0.4 is 15.2 Å². The molecule has 0 fully saturated rings. The number of hydrogen-bond acceptors (Lipinski definition) is 5. The average molecular weight is 417 g/mol. The molecule has 0 radical (unpaired) electrons. The van der Waals surface area contributed by atoms with E-state index in [0.717, 1.165) is 11.1 Å². The number of H-pyrrole nitrogens is 1. The lowest BCUT2D eigenvalue weighted by Gasteiger charge is -2.21. The number of carbonyl (C=O) groups is 1. The Labute approximate surface area is 179 Å². The van der Waals surface area contributed by atoms with E-state index in [4.69, 9.17) is 4.74 Å². The number of nitrogens with one attached hydrogen (secondary N) is 1. The summed E-state index contributed by atoms with van der Waals surface area (Å²) in [5.41, 5.74) is 3.17. The fraction of sp³-hybridized carbons (Fsp3) is 0.217.